The minimum absolute atomic E-state index is 0.0609. The van der Waals surface area contributed by atoms with Crippen LogP contribution in [0.4, 0.5) is 11.6 Å². The third-order valence-electron chi connectivity index (χ3n) is 5.45. The van der Waals surface area contributed by atoms with Crippen molar-refractivity contribution >= 4 is 28.4 Å². The zero-order valence-electron chi connectivity index (χ0n) is 16.4. The van der Waals surface area contributed by atoms with Gasteiger partial charge in [0.25, 0.3) is 0 Å². The number of aryl methyl sites for hydroxylation is 2. The van der Waals surface area contributed by atoms with Gasteiger partial charge in [0.15, 0.2) is 5.82 Å². The molecule has 4 aromatic rings. The molecule has 0 unspecified atom stereocenters. The Balaban J connectivity index is 1.34. The smallest absolute Gasteiger partial charge is 0.245 e. The van der Waals surface area contributed by atoms with E-state index in [1.807, 2.05) is 54.1 Å². The minimum Gasteiger partial charge on any atom is -0.349 e. The third kappa shape index (κ3) is 3.27. The number of carbonyl (C=O) groups excluding carboxylic acids is 1. The van der Waals surface area contributed by atoms with Crippen molar-refractivity contribution < 1.29 is 4.79 Å². The van der Waals surface area contributed by atoms with Gasteiger partial charge in [0.05, 0.1) is 12.2 Å². The van der Waals surface area contributed by atoms with Crippen LogP contribution in [-0.2, 0) is 11.2 Å². The quantitative estimate of drug-likeness (QED) is 0.557. The van der Waals surface area contributed by atoms with E-state index >= 15 is 0 Å². The molecule has 1 aliphatic rings. The summed E-state index contributed by atoms with van der Waals surface area (Å²) in [7, 11) is 0. The van der Waals surface area contributed by atoms with E-state index in [4.69, 9.17) is 0 Å². The number of benzene rings is 2. The second kappa shape index (κ2) is 7.13. The van der Waals surface area contributed by atoms with E-state index in [9.17, 15) is 4.79 Å². The van der Waals surface area contributed by atoms with E-state index in [-0.39, 0.29) is 5.91 Å². The van der Waals surface area contributed by atoms with E-state index in [1.54, 1.807) is 0 Å². The molecule has 29 heavy (non-hydrogen) atoms. The zero-order valence-corrected chi connectivity index (χ0v) is 16.4. The number of H-pyrrole nitrogens is 1. The molecular formula is C23H23N5O. The molecule has 1 aliphatic heterocycles. The Morgan fingerprint density at radius 2 is 1.93 bits per heavy atom. The van der Waals surface area contributed by atoms with E-state index in [1.165, 1.54) is 10.9 Å². The SMILES string of the molecule is Cc1cc(NC(=O)CN2CCCc3c2[nH]c2ccccc32)nn1-c1ccccc1. The topological polar surface area (TPSA) is 66.0 Å². The van der Waals surface area contributed by atoms with E-state index in [2.05, 4.69) is 38.5 Å². The molecule has 0 saturated heterocycles. The average Bonchev–Trinajstić information content (AvgIpc) is 3.29. The molecule has 0 saturated carbocycles. The summed E-state index contributed by atoms with van der Waals surface area (Å²) in [5, 5.41) is 8.76. The highest BCUT2D eigenvalue weighted by Gasteiger charge is 2.23. The molecule has 2 aromatic heterocycles. The first-order chi connectivity index (χ1) is 14.2. The van der Waals surface area contributed by atoms with Gasteiger partial charge in [0.1, 0.15) is 5.82 Å². The molecule has 1 amide bonds. The summed E-state index contributed by atoms with van der Waals surface area (Å²) in [5.74, 6) is 1.58. The number of nitrogens with one attached hydrogen (secondary N) is 2. The van der Waals surface area contributed by atoms with Gasteiger partial charge in [-0.2, -0.15) is 0 Å². The summed E-state index contributed by atoms with van der Waals surface area (Å²) in [6.07, 6.45) is 2.09. The lowest BCUT2D eigenvalue weighted by molar-refractivity contribution is -0.115. The number of hydrogen-bond acceptors (Lipinski definition) is 3. The fraction of sp³-hybridized carbons (Fsp3) is 0.217. The number of aromatic nitrogens is 3. The predicted molar refractivity (Wildman–Crippen MR) is 116 cm³/mol. The van der Waals surface area contributed by atoms with Gasteiger partial charge in [-0.15, -0.1) is 5.10 Å². The molecule has 0 radical (unpaired) electrons. The molecule has 0 fully saturated rings. The van der Waals surface area contributed by atoms with Crippen molar-refractivity contribution in [3.05, 3.63) is 71.9 Å². The zero-order chi connectivity index (χ0) is 19.8. The highest BCUT2D eigenvalue weighted by atomic mass is 16.2. The third-order valence-corrected chi connectivity index (χ3v) is 5.45. The molecule has 0 bridgehead atoms. The summed E-state index contributed by atoms with van der Waals surface area (Å²) in [6, 6.07) is 20.1. The Bertz CT molecular complexity index is 1170. The lowest BCUT2D eigenvalue weighted by Gasteiger charge is -2.28. The van der Waals surface area contributed by atoms with Crippen molar-refractivity contribution in [2.75, 3.05) is 23.3 Å². The van der Waals surface area contributed by atoms with Gasteiger partial charge >= 0.3 is 0 Å². The van der Waals surface area contributed by atoms with Crippen LogP contribution < -0.4 is 10.2 Å². The first-order valence-corrected chi connectivity index (χ1v) is 9.95. The minimum atomic E-state index is -0.0609. The number of nitrogens with zero attached hydrogens (tertiary/aromatic N) is 3. The highest BCUT2D eigenvalue weighted by Crippen LogP contribution is 2.33. The molecule has 146 valence electrons. The first-order valence-electron chi connectivity index (χ1n) is 9.95. The summed E-state index contributed by atoms with van der Waals surface area (Å²) in [4.78, 5) is 18.4. The van der Waals surface area contributed by atoms with Crippen molar-refractivity contribution in [2.45, 2.75) is 19.8 Å². The number of fused-ring (bicyclic) bond motifs is 3. The van der Waals surface area contributed by atoms with Crippen LogP contribution in [0.3, 0.4) is 0 Å². The molecule has 0 spiro atoms. The molecule has 0 aliphatic carbocycles. The molecule has 2 N–H and O–H groups in total. The van der Waals surface area contributed by atoms with Gasteiger partial charge in [0, 0.05) is 34.8 Å². The number of carbonyl (C=O) groups is 1. The van der Waals surface area contributed by atoms with Gasteiger partial charge in [-0.05, 0) is 38.0 Å². The van der Waals surface area contributed by atoms with Crippen molar-refractivity contribution in [1.29, 1.82) is 0 Å². The van der Waals surface area contributed by atoms with Crippen molar-refractivity contribution in [3.8, 4) is 5.69 Å². The average molecular weight is 385 g/mol. The summed E-state index contributed by atoms with van der Waals surface area (Å²) >= 11 is 0. The van der Waals surface area contributed by atoms with Crippen LogP contribution in [-0.4, -0.2) is 33.8 Å². The molecule has 6 heteroatoms. The van der Waals surface area contributed by atoms with Crippen LogP contribution in [0.25, 0.3) is 16.6 Å². The largest absolute Gasteiger partial charge is 0.349 e. The maximum absolute atomic E-state index is 12.7. The number of para-hydroxylation sites is 2. The number of aromatic amines is 1. The van der Waals surface area contributed by atoms with E-state index in [0.29, 0.717) is 12.4 Å². The van der Waals surface area contributed by atoms with Gasteiger partial charge in [-0.3, -0.25) is 4.79 Å². The fourth-order valence-corrected chi connectivity index (χ4v) is 4.15. The van der Waals surface area contributed by atoms with Crippen molar-refractivity contribution in [1.82, 2.24) is 14.8 Å². The second-order valence-electron chi connectivity index (χ2n) is 7.49. The standard InChI is InChI=1S/C23H23N5O/c1-16-14-21(26-28(16)17-8-3-2-4-9-17)25-22(29)15-27-13-7-11-19-18-10-5-6-12-20(18)24-23(19)27/h2-6,8-10,12,14,24H,7,11,13,15H2,1H3,(H,25,26,29). The lowest BCUT2D eigenvalue weighted by Crippen LogP contribution is -2.36. The summed E-state index contributed by atoms with van der Waals surface area (Å²) in [5.41, 5.74) is 4.39. The van der Waals surface area contributed by atoms with Crippen LogP contribution in [0.1, 0.15) is 17.7 Å². The summed E-state index contributed by atoms with van der Waals surface area (Å²) < 4.78 is 1.84. The predicted octanol–water partition coefficient (Wildman–Crippen LogP) is 4.05. The van der Waals surface area contributed by atoms with Gasteiger partial charge in [0.2, 0.25) is 5.91 Å². The highest BCUT2D eigenvalue weighted by molar-refractivity contribution is 5.95. The second-order valence-corrected chi connectivity index (χ2v) is 7.49. The maximum atomic E-state index is 12.7. The monoisotopic (exact) mass is 385 g/mol. The van der Waals surface area contributed by atoms with E-state index in [0.717, 1.165) is 42.1 Å². The van der Waals surface area contributed by atoms with Crippen LogP contribution >= 0.6 is 0 Å². The maximum Gasteiger partial charge on any atom is 0.245 e. The van der Waals surface area contributed by atoms with Crippen molar-refractivity contribution in [3.63, 3.8) is 0 Å². The Morgan fingerprint density at radius 1 is 1.14 bits per heavy atom. The number of amides is 1. The lowest BCUT2D eigenvalue weighted by atomic mass is 10.0. The molecule has 5 rings (SSSR count). The van der Waals surface area contributed by atoms with Crippen LogP contribution in [0, 0.1) is 6.92 Å². The van der Waals surface area contributed by atoms with Gasteiger partial charge < -0.3 is 15.2 Å². The number of anilines is 2. The first kappa shape index (κ1) is 17.6. The Hall–Kier alpha value is -3.54. The number of hydrogen-bond donors (Lipinski definition) is 2. The Kier molecular flexibility index (Phi) is 4.31. The normalized spacial score (nSPS) is 13.5. The molecule has 2 aromatic carbocycles. The Morgan fingerprint density at radius 3 is 2.79 bits per heavy atom. The number of rotatable bonds is 4. The van der Waals surface area contributed by atoms with Gasteiger partial charge in [-0.1, -0.05) is 36.4 Å². The van der Waals surface area contributed by atoms with E-state index < -0.39 is 0 Å². The molecular weight excluding hydrogens is 362 g/mol. The molecule has 0 atom stereocenters. The molecule has 3 heterocycles. The van der Waals surface area contributed by atoms with Crippen molar-refractivity contribution in [2.24, 2.45) is 0 Å². The molecule has 6 nitrogen and oxygen atoms in total. The summed E-state index contributed by atoms with van der Waals surface area (Å²) in [6.45, 7) is 3.15. The fourth-order valence-electron chi connectivity index (χ4n) is 4.15. The Labute approximate surface area is 169 Å². The van der Waals surface area contributed by atoms with Crippen LogP contribution in [0.2, 0.25) is 0 Å². The van der Waals surface area contributed by atoms with Gasteiger partial charge in [-0.25, -0.2) is 4.68 Å². The van der Waals surface area contributed by atoms with Crippen LogP contribution in [0.5, 0.6) is 0 Å². The van der Waals surface area contributed by atoms with Crippen LogP contribution in [0.15, 0.2) is 60.7 Å².